The standard InChI is InChI=1S/C15H17NO/c1-4-11(3)16-10-13-12-8-6-7-9-15(12)17-14(13)5-2/h1,6-9,11,16H,5,10H2,2-3H3. The van der Waals surface area contributed by atoms with Gasteiger partial charge in [-0.05, 0) is 13.0 Å². The van der Waals surface area contributed by atoms with Crippen LogP contribution in [0, 0.1) is 12.3 Å². The molecule has 1 atom stereocenters. The molecule has 0 aliphatic rings. The van der Waals surface area contributed by atoms with Gasteiger partial charge in [0.15, 0.2) is 0 Å². The summed E-state index contributed by atoms with van der Waals surface area (Å²) in [4.78, 5) is 0. The number of terminal acetylenes is 1. The van der Waals surface area contributed by atoms with Crippen molar-refractivity contribution in [3.63, 3.8) is 0 Å². The van der Waals surface area contributed by atoms with Gasteiger partial charge >= 0.3 is 0 Å². The molecule has 0 saturated heterocycles. The van der Waals surface area contributed by atoms with Crippen molar-refractivity contribution in [2.24, 2.45) is 0 Å². The summed E-state index contributed by atoms with van der Waals surface area (Å²) in [6.07, 6.45) is 6.26. The van der Waals surface area contributed by atoms with Gasteiger partial charge in [-0.3, -0.25) is 5.32 Å². The maximum absolute atomic E-state index is 5.82. The SMILES string of the molecule is C#CC(C)NCc1c(CC)oc2ccccc12. The van der Waals surface area contributed by atoms with E-state index in [4.69, 9.17) is 10.8 Å². The highest BCUT2D eigenvalue weighted by molar-refractivity contribution is 5.82. The number of para-hydroxylation sites is 1. The van der Waals surface area contributed by atoms with Gasteiger partial charge in [-0.15, -0.1) is 6.42 Å². The second-order valence-electron chi connectivity index (χ2n) is 4.12. The molecule has 88 valence electrons. The Kier molecular flexibility index (Phi) is 3.51. The third kappa shape index (κ3) is 2.35. The number of benzene rings is 1. The number of nitrogens with one attached hydrogen (secondary N) is 1. The van der Waals surface area contributed by atoms with Crippen LogP contribution in [0.4, 0.5) is 0 Å². The Morgan fingerprint density at radius 2 is 2.18 bits per heavy atom. The van der Waals surface area contributed by atoms with Crippen molar-refractivity contribution >= 4 is 11.0 Å². The van der Waals surface area contributed by atoms with Crippen LogP contribution in [0.1, 0.15) is 25.2 Å². The first-order chi connectivity index (χ1) is 8.26. The average Bonchev–Trinajstić information content (AvgIpc) is 2.73. The smallest absolute Gasteiger partial charge is 0.134 e. The van der Waals surface area contributed by atoms with Crippen molar-refractivity contribution in [3.05, 3.63) is 35.6 Å². The molecule has 0 saturated carbocycles. The van der Waals surface area contributed by atoms with Gasteiger partial charge in [-0.25, -0.2) is 0 Å². The van der Waals surface area contributed by atoms with Gasteiger partial charge in [0.1, 0.15) is 11.3 Å². The van der Waals surface area contributed by atoms with E-state index in [2.05, 4.69) is 24.2 Å². The zero-order chi connectivity index (χ0) is 12.3. The summed E-state index contributed by atoms with van der Waals surface area (Å²) >= 11 is 0. The molecule has 2 aromatic rings. The van der Waals surface area contributed by atoms with Crippen LogP contribution in [0.5, 0.6) is 0 Å². The monoisotopic (exact) mass is 227 g/mol. The van der Waals surface area contributed by atoms with Crippen molar-refractivity contribution in [2.45, 2.75) is 32.9 Å². The van der Waals surface area contributed by atoms with Gasteiger partial charge in [0.05, 0.1) is 6.04 Å². The maximum atomic E-state index is 5.82. The summed E-state index contributed by atoms with van der Waals surface area (Å²) in [7, 11) is 0. The van der Waals surface area contributed by atoms with Crippen molar-refractivity contribution < 1.29 is 4.42 Å². The van der Waals surface area contributed by atoms with Crippen LogP contribution in [0.25, 0.3) is 11.0 Å². The summed E-state index contributed by atoms with van der Waals surface area (Å²) in [6, 6.07) is 8.20. The summed E-state index contributed by atoms with van der Waals surface area (Å²) in [5, 5.41) is 4.49. The van der Waals surface area contributed by atoms with E-state index in [9.17, 15) is 0 Å². The summed E-state index contributed by atoms with van der Waals surface area (Å²) in [6.45, 7) is 4.84. The first kappa shape index (κ1) is 11.8. The quantitative estimate of drug-likeness (QED) is 0.812. The van der Waals surface area contributed by atoms with E-state index in [1.165, 1.54) is 10.9 Å². The number of furan rings is 1. The molecule has 0 spiro atoms. The maximum Gasteiger partial charge on any atom is 0.134 e. The average molecular weight is 227 g/mol. The van der Waals surface area contributed by atoms with Gasteiger partial charge in [-0.2, -0.15) is 0 Å². The fraction of sp³-hybridized carbons (Fsp3) is 0.333. The lowest BCUT2D eigenvalue weighted by Crippen LogP contribution is -2.23. The summed E-state index contributed by atoms with van der Waals surface area (Å²) in [5.41, 5.74) is 2.18. The Bertz CT molecular complexity index is 548. The zero-order valence-corrected chi connectivity index (χ0v) is 10.3. The van der Waals surface area contributed by atoms with Gasteiger partial charge in [0, 0.05) is 23.9 Å². The molecule has 1 unspecified atom stereocenters. The van der Waals surface area contributed by atoms with Crippen LogP contribution in [0.3, 0.4) is 0 Å². The van der Waals surface area contributed by atoms with E-state index in [1.807, 2.05) is 25.1 Å². The Morgan fingerprint density at radius 1 is 1.41 bits per heavy atom. The Morgan fingerprint density at radius 3 is 2.88 bits per heavy atom. The first-order valence-corrected chi connectivity index (χ1v) is 5.95. The predicted molar refractivity (Wildman–Crippen MR) is 70.7 cm³/mol. The van der Waals surface area contributed by atoms with Crippen LogP contribution in [-0.4, -0.2) is 6.04 Å². The van der Waals surface area contributed by atoms with Crippen LogP contribution in [0.2, 0.25) is 0 Å². The number of fused-ring (bicyclic) bond motifs is 1. The Hall–Kier alpha value is -1.72. The topological polar surface area (TPSA) is 25.2 Å². The molecular formula is C15H17NO. The Labute approximate surface area is 102 Å². The second-order valence-corrected chi connectivity index (χ2v) is 4.12. The molecule has 0 aliphatic carbocycles. The summed E-state index contributed by atoms with van der Waals surface area (Å²) < 4.78 is 5.82. The number of rotatable bonds is 4. The van der Waals surface area contributed by atoms with E-state index in [0.717, 1.165) is 24.3 Å². The van der Waals surface area contributed by atoms with Crippen molar-refractivity contribution in [2.75, 3.05) is 0 Å². The van der Waals surface area contributed by atoms with Crippen LogP contribution in [0.15, 0.2) is 28.7 Å². The van der Waals surface area contributed by atoms with E-state index < -0.39 is 0 Å². The van der Waals surface area contributed by atoms with E-state index >= 15 is 0 Å². The first-order valence-electron chi connectivity index (χ1n) is 5.95. The van der Waals surface area contributed by atoms with Crippen molar-refractivity contribution in [1.82, 2.24) is 5.32 Å². The molecule has 1 aromatic heterocycles. The molecule has 2 heteroatoms. The molecule has 2 nitrogen and oxygen atoms in total. The molecule has 0 radical (unpaired) electrons. The molecule has 0 fully saturated rings. The van der Waals surface area contributed by atoms with Gasteiger partial charge in [0.25, 0.3) is 0 Å². The summed E-state index contributed by atoms with van der Waals surface area (Å²) in [5.74, 6) is 3.72. The fourth-order valence-corrected chi connectivity index (χ4v) is 1.94. The van der Waals surface area contributed by atoms with Crippen molar-refractivity contribution in [1.29, 1.82) is 0 Å². The van der Waals surface area contributed by atoms with Crippen LogP contribution in [-0.2, 0) is 13.0 Å². The van der Waals surface area contributed by atoms with Crippen LogP contribution < -0.4 is 5.32 Å². The molecule has 1 N–H and O–H groups in total. The number of hydrogen-bond acceptors (Lipinski definition) is 2. The van der Waals surface area contributed by atoms with E-state index in [0.29, 0.717) is 0 Å². The molecule has 1 aromatic carbocycles. The third-order valence-electron chi connectivity index (χ3n) is 2.94. The minimum absolute atomic E-state index is 0.0772. The molecule has 0 aliphatic heterocycles. The zero-order valence-electron chi connectivity index (χ0n) is 10.3. The van der Waals surface area contributed by atoms with E-state index in [1.54, 1.807) is 0 Å². The number of aryl methyl sites for hydroxylation is 1. The minimum Gasteiger partial charge on any atom is -0.461 e. The van der Waals surface area contributed by atoms with Crippen LogP contribution >= 0.6 is 0 Å². The highest BCUT2D eigenvalue weighted by Crippen LogP contribution is 2.26. The lowest BCUT2D eigenvalue weighted by atomic mass is 10.1. The predicted octanol–water partition coefficient (Wildman–Crippen LogP) is 3.11. The minimum atomic E-state index is 0.0772. The largest absolute Gasteiger partial charge is 0.461 e. The third-order valence-corrected chi connectivity index (χ3v) is 2.94. The molecule has 1 heterocycles. The van der Waals surface area contributed by atoms with Gasteiger partial charge in [-0.1, -0.05) is 31.0 Å². The van der Waals surface area contributed by atoms with Gasteiger partial charge < -0.3 is 4.42 Å². The van der Waals surface area contributed by atoms with Gasteiger partial charge in [0.2, 0.25) is 0 Å². The fourth-order valence-electron chi connectivity index (χ4n) is 1.94. The molecule has 2 rings (SSSR count). The Balaban J connectivity index is 2.34. The lowest BCUT2D eigenvalue weighted by molar-refractivity contribution is 0.541. The molecule has 0 bridgehead atoms. The lowest BCUT2D eigenvalue weighted by Gasteiger charge is -2.07. The normalized spacial score (nSPS) is 12.5. The van der Waals surface area contributed by atoms with Crippen molar-refractivity contribution in [3.8, 4) is 12.3 Å². The molecular weight excluding hydrogens is 210 g/mol. The highest BCUT2D eigenvalue weighted by Gasteiger charge is 2.12. The number of hydrogen-bond donors (Lipinski definition) is 1. The molecule has 0 amide bonds. The highest BCUT2D eigenvalue weighted by atomic mass is 16.3. The second kappa shape index (κ2) is 5.07. The van der Waals surface area contributed by atoms with E-state index in [-0.39, 0.29) is 6.04 Å². The molecule has 17 heavy (non-hydrogen) atoms.